The van der Waals surface area contributed by atoms with Crippen LogP contribution < -0.4 is 10.2 Å². The molecule has 3 nitrogen and oxygen atoms in total. The van der Waals surface area contributed by atoms with E-state index >= 15 is 0 Å². The largest absolute Gasteiger partial charge is 0.394 e. The summed E-state index contributed by atoms with van der Waals surface area (Å²) in [5.74, 6) is 0.643. The number of likely N-dealkylation sites (N-methyl/N-ethyl adjacent to an activating group) is 1. The van der Waals surface area contributed by atoms with Crippen molar-refractivity contribution in [3.8, 4) is 0 Å². The third-order valence-electron chi connectivity index (χ3n) is 3.21. The Kier molecular flexibility index (Phi) is 6.83. The number of nitrogens with one attached hydrogen (secondary N) is 1. The standard InChI is InChI=1S/C15H25BrN2O/c1-11(2)8-17-9-13-7-14(16)5-6-15(13)18(4)12(3)10-19/h5-7,11-12,17,19H,8-10H2,1-4H3. The third kappa shape index (κ3) is 5.13. The van der Waals surface area contributed by atoms with Crippen LogP contribution >= 0.6 is 15.9 Å². The molecule has 0 aromatic heterocycles. The van der Waals surface area contributed by atoms with Crippen molar-refractivity contribution < 1.29 is 5.11 Å². The molecule has 19 heavy (non-hydrogen) atoms. The highest BCUT2D eigenvalue weighted by atomic mass is 79.9. The number of rotatable bonds is 7. The second kappa shape index (κ2) is 7.88. The first kappa shape index (κ1) is 16.5. The Morgan fingerprint density at radius 1 is 1.32 bits per heavy atom. The number of aliphatic hydroxyl groups is 1. The van der Waals surface area contributed by atoms with E-state index in [1.807, 2.05) is 20.0 Å². The first-order valence-corrected chi connectivity index (χ1v) is 7.57. The Morgan fingerprint density at radius 2 is 2.00 bits per heavy atom. The highest BCUT2D eigenvalue weighted by molar-refractivity contribution is 9.10. The van der Waals surface area contributed by atoms with E-state index in [1.165, 1.54) is 11.3 Å². The molecule has 0 radical (unpaired) electrons. The van der Waals surface area contributed by atoms with Gasteiger partial charge in [0.15, 0.2) is 0 Å². The van der Waals surface area contributed by atoms with E-state index in [0.717, 1.165) is 17.6 Å². The van der Waals surface area contributed by atoms with Crippen molar-refractivity contribution in [3.63, 3.8) is 0 Å². The van der Waals surface area contributed by atoms with Gasteiger partial charge < -0.3 is 15.3 Å². The Bertz CT molecular complexity index is 396. The van der Waals surface area contributed by atoms with Gasteiger partial charge in [0.25, 0.3) is 0 Å². The number of aliphatic hydroxyl groups excluding tert-OH is 1. The number of anilines is 1. The van der Waals surface area contributed by atoms with Crippen molar-refractivity contribution in [2.45, 2.75) is 33.4 Å². The third-order valence-corrected chi connectivity index (χ3v) is 3.71. The van der Waals surface area contributed by atoms with Crippen LogP contribution in [0.3, 0.4) is 0 Å². The summed E-state index contributed by atoms with van der Waals surface area (Å²) in [5, 5.41) is 12.8. The number of nitrogens with zero attached hydrogens (tertiary/aromatic N) is 1. The minimum Gasteiger partial charge on any atom is -0.394 e. The molecular weight excluding hydrogens is 304 g/mol. The molecule has 1 aromatic rings. The highest BCUT2D eigenvalue weighted by Gasteiger charge is 2.13. The van der Waals surface area contributed by atoms with E-state index in [4.69, 9.17) is 0 Å². The van der Waals surface area contributed by atoms with Gasteiger partial charge in [-0.25, -0.2) is 0 Å². The summed E-state index contributed by atoms with van der Waals surface area (Å²) in [4.78, 5) is 2.12. The lowest BCUT2D eigenvalue weighted by molar-refractivity contribution is 0.270. The minimum absolute atomic E-state index is 0.116. The van der Waals surface area contributed by atoms with Crippen LogP contribution in [-0.4, -0.2) is 31.3 Å². The van der Waals surface area contributed by atoms with Gasteiger partial charge in [0.2, 0.25) is 0 Å². The number of halogens is 1. The first-order valence-electron chi connectivity index (χ1n) is 6.78. The van der Waals surface area contributed by atoms with E-state index in [-0.39, 0.29) is 12.6 Å². The van der Waals surface area contributed by atoms with Crippen LogP contribution in [0.1, 0.15) is 26.3 Å². The lowest BCUT2D eigenvalue weighted by atomic mass is 10.1. The van der Waals surface area contributed by atoms with E-state index < -0.39 is 0 Å². The Morgan fingerprint density at radius 3 is 2.58 bits per heavy atom. The van der Waals surface area contributed by atoms with Crippen molar-refractivity contribution in [1.82, 2.24) is 5.32 Å². The molecule has 2 N–H and O–H groups in total. The molecular formula is C15H25BrN2O. The topological polar surface area (TPSA) is 35.5 Å². The van der Waals surface area contributed by atoms with Crippen LogP contribution in [-0.2, 0) is 6.54 Å². The number of hydrogen-bond acceptors (Lipinski definition) is 3. The van der Waals surface area contributed by atoms with Gasteiger partial charge >= 0.3 is 0 Å². The van der Waals surface area contributed by atoms with Gasteiger partial charge in [-0.2, -0.15) is 0 Å². The van der Waals surface area contributed by atoms with Gasteiger partial charge in [0, 0.05) is 29.8 Å². The van der Waals surface area contributed by atoms with Crippen molar-refractivity contribution in [3.05, 3.63) is 28.2 Å². The van der Waals surface area contributed by atoms with Gasteiger partial charge in [-0.15, -0.1) is 0 Å². The zero-order valence-corrected chi connectivity index (χ0v) is 13.9. The maximum Gasteiger partial charge on any atom is 0.0632 e. The lowest BCUT2D eigenvalue weighted by Crippen LogP contribution is -2.33. The Labute approximate surface area is 125 Å². The minimum atomic E-state index is 0.116. The van der Waals surface area contributed by atoms with Crippen LogP contribution in [0.5, 0.6) is 0 Å². The molecule has 0 fully saturated rings. The quantitative estimate of drug-likeness (QED) is 0.807. The van der Waals surface area contributed by atoms with Crippen LogP contribution in [0.2, 0.25) is 0 Å². The second-order valence-electron chi connectivity index (χ2n) is 5.44. The van der Waals surface area contributed by atoms with Gasteiger partial charge in [-0.3, -0.25) is 0 Å². The number of hydrogen-bond donors (Lipinski definition) is 2. The lowest BCUT2D eigenvalue weighted by Gasteiger charge is -2.28. The molecule has 4 heteroatoms. The molecule has 108 valence electrons. The summed E-state index contributed by atoms with van der Waals surface area (Å²) in [6.07, 6.45) is 0. The summed E-state index contributed by atoms with van der Waals surface area (Å²) >= 11 is 3.52. The average molecular weight is 329 g/mol. The second-order valence-corrected chi connectivity index (χ2v) is 6.36. The maximum absolute atomic E-state index is 9.29. The zero-order valence-electron chi connectivity index (χ0n) is 12.3. The monoisotopic (exact) mass is 328 g/mol. The highest BCUT2D eigenvalue weighted by Crippen LogP contribution is 2.25. The summed E-state index contributed by atoms with van der Waals surface area (Å²) in [6, 6.07) is 6.40. The molecule has 0 aliphatic carbocycles. The molecule has 1 atom stereocenters. The first-order chi connectivity index (χ1) is 8.95. The number of benzene rings is 1. The zero-order chi connectivity index (χ0) is 14.4. The van der Waals surface area contributed by atoms with Crippen LogP contribution in [0.15, 0.2) is 22.7 Å². The van der Waals surface area contributed by atoms with Gasteiger partial charge in [-0.1, -0.05) is 29.8 Å². The molecule has 1 rings (SSSR count). The predicted molar refractivity (Wildman–Crippen MR) is 85.6 cm³/mol. The van der Waals surface area contributed by atoms with Gasteiger partial charge in [-0.05, 0) is 43.1 Å². The molecule has 0 aliphatic heterocycles. The smallest absolute Gasteiger partial charge is 0.0632 e. The average Bonchev–Trinajstić information content (AvgIpc) is 2.37. The molecule has 0 saturated carbocycles. The van der Waals surface area contributed by atoms with Gasteiger partial charge in [0.05, 0.1) is 6.61 Å². The van der Waals surface area contributed by atoms with Crippen molar-refractivity contribution in [1.29, 1.82) is 0 Å². The fourth-order valence-electron chi connectivity index (χ4n) is 1.90. The van der Waals surface area contributed by atoms with Crippen LogP contribution in [0.4, 0.5) is 5.69 Å². The van der Waals surface area contributed by atoms with E-state index in [0.29, 0.717) is 5.92 Å². The van der Waals surface area contributed by atoms with E-state index in [2.05, 4.69) is 52.1 Å². The van der Waals surface area contributed by atoms with Crippen molar-refractivity contribution in [2.24, 2.45) is 5.92 Å². The van der Waals surface area contributed by atoms with Crippen LogP contribution in [0, 0.1) is 5.92 Å². The summed E-state index contributed by atoms with van der Waals surface area (Å²) in [5.41, 5.74) is 2.42. The van der Waals surface area contributed by atoms with E-state index in [9.17, 15) is 5.11 Å². The summed E-state index contributed by atoms with van der Waals surface area (Å²) in [6.45, 7) is 8.43. The van der Waals surface area contributed by atoms with Crippen molar-refractivity contribution >= 4 is 21.6 Å². The maximum atomic E-state index is 9.29. The molecule has 0 aliphatic rings. The summed E-state index contributed by atoms with van der Waals surface area (Å²) in [7, 11) is 2.02. The fourth-order valence-corrected chi connectivity index (χ4v) is 2.30. The van der Waals surface area contributed by atoms with Crippen LogP contribution in [0.25, 0.3) is 0 Å². The molecule has 1 aromatic carbocycles. The fraction of sp³-hybridized carbons (Fsp3) is 0.600. The summed E-state index contributed by atoms with van der Waals surface area (Å²) < 4.78 is 1.09. The molecule has 0 heterocycles. The van der Waals surface area contributed by atoms with Crippen molar-refractivity contribution in [2.75, 3.05) is 25.1 Å². The normalized spacial score (nSPS) is 12.8. The molecule has 0 amide bonds. The Balaban J connectivity index is 2.85. The molecule has 0 saturated heterocycles. The van der Waals surface area contributed by atoms with E-state index in [1.54, 1.807) is 0 Å². The molecule has 0 spiro atoms. The predicted octanol–water partition coefficient (Wildman–Crippen LogP) is 3.01. The molecule has 1 unspecified atom stereocenters. The molecule has 0 bridgehead atoms. The Hall–Kier alpha value is -0.580. The SMILES string of the molecule is CC(C)CNCc1cc(Br)ccc1N(C)C(C)CO. The van der Waals surface area contributed by atoms with Gasteiger partial charge in [0.1, 0.15) is 0 Å².